The maximum atomic E-state index is 12.6. The second-order valence-electron chi connectivity index (χ2n) is 5.62. The standard InChI is InChI=1S/C15H21N5O2/c1-4-19-7-8-20(15(21)13-9-11(2)17-22-13)10-12(19)14-16-5-6-18(14)3/h5-6,9,12H,4,7-8,10H2,1-3H3/t12-/m0/s1. The molecule has 0 N–H and O–H groups in total. The lowest BCUT2D eigenvalue weighted by Gasteiger charge is -2.40. The molecule has 0 aliphatic carbocycles. The number of aryl methyl sites for hydroxylation is 2. The minimum absolute atomic E-state index is 0.101. The van der Waals surface area contributed by atoms with E-state index in [1.807, 2.05) is 29.6 Å². The molecule has 1 saturated heterocycles. The first kappa shape index (κ1) is 14.8. The van der Waals surface area contributed by atoms with Crippen LogP contribution in [0, 0.1) is 6.92 Å². The third kappa shape index (κ3) is 2.64. The fraction of sp³-hybridized carbons (Fsp3) is 0.533. The van der Waals surface area contributed by atoms with Crippen molar-refractivity contribution in [1.82, 2.24) is 24.5 Å². The third-order valence-corrected chi connectivity index (χ3v) is 4.18. The van der Waals surface area contributed by atoms with Crippen LogP contribution in [0.25, 0.3) is 0 Å². The maximum absolute atomic E-state index is 12.6. The molecule has 1 fully saturated rings. The average Bonchev–Trinajstić information content (AvgIpc) is 3.14. The summed E-state index contributed by atoms with van der Waals surface area (Å²) in [6, 6.07) is 1.79. The molecule has 2 aromatic heterocycles. The highest BCUT2D eigenvalue weighted by molar-refractivity contribution is 5.91. The third-order valence-electron chi connectivity index (χ3n) is 4.18. The highest BCUT2D eigenvalue weighted by Gasteiger charge is 2.33. The second-order valence-corrected chi connectivity index (χ2v) is 5.62. The van der Waals surface area contributed by atoms with Crippen molar-refractivity contribution >= 4 is 5.91 Å². The fourth-order valence-corrected chi connectivity index (χ4v) is 2.95. The summed E-state index contributed by atoms with van der Waals surface area (Å²) in [7, 11) is 1.98. The summed E-state index contributed by atoms with van der Waals surface area (Å²) >= 11 is 0. The number of imidazole rings is 1. The number of piperazine rings is 1. The van der Waals surface area contributed by atoms with Crippen LogP contribution in [0.15, 0.2) is 23.0 Å². The molecule has 3 heterocycles. The van der Waals surface area contributed by atoms with E-state index in [1.165, 1.54) is 0 Å². The number of nitrogens with zero attached hydrogens (tertiary/aromatic N) is 5. The minimum atomic E-state index is -0.101. The maximum Gasteiger partial charge on any atom is 0.292 e. The largest absolute Gasteiger partial charge is 0.351 e. The summed E-state index contributed by atoms with van der Waals surface area (Å²) in [6.07, 6.45) is 3.73. The minimum Gasteiger partial charge on any atom is -0.351 e. The first-order valence-corrected chi connectivity index (χ1v) is 7.54. The van der Waals surface area contributed by atoms with E-state index < -0.39 is 0 Å². The van der Waals surface area contributed by atoms with Gasteiger partial charge in [-0.2, -0.15) is 0 Å². The van der Waals surface area contributed by atoms with Crippen molar-refractivity contribution in [3.05, 3.63) is 35.7 Å². The van der Waals surface area contributed by atoms with Crippen molar-refractivity contribution < 1.29 is 9.32 Å². The molecule has 1 aliphatic heterocycles. The predicted molar refractivity (Wildman–Crippen MR) is 80.3 cm³/mol. The van der Waals surface area contributed by atoms with Gasteiger partial charge in [-0.3, -0.25) is 9.69 Å². The Kier molecular flexibility index (Phi) is 3.98. The first-order chi connectivity index (χ1) is 10.6. The van der Waals surface area contributed by atoms with Gasteiger partial charge in [-0.05, 0) is 13.5 Å². The van der Waals surface area contributed by atoms with Crippen molar-refractivity contribution in [1.29, 1.82) is 0 Å². The summed E-state index contributed by atoms with van der Waals surface area (Å²) in [5.74, 6) is 1.18. The van der Waals surface area contributed by atoms with Gasteiger partial charge < -0.3 is 14.0 Å². The van der Waals surface area contributed by atoms with E-state index in [-0.39, 0.29) is 11.9 Å². The zero-order valence-electron chi connectivity index (χ0n) is 13.2. The Morgan fingerprint density at radius 3 is 2.86 bits per heavy atom. The number of hydrogen-bond acceptors (Lipinski definition) is 5. The number of rotatable bonds is 3. The van der Waals surface area contributed by atoms with E-state index in [1.54, 1.807) is 12.3 Å². The van der Waals surface area contributed by atoms with Crippen molar-refractivity contribution in [3.63, 3.8) is 0 Å². The molecular weight excluding hydrogens is 282 g/mol. The van der Waals surface area contributed by atoms with Crippen LogP contribution >= 0.6 is 0 Å². The molecular formula is C15H21N5O2. The molecule has 7 nitrogen and oxygen atoms in total. The van der Waals surface area contributed by atoms with Crippen LogP contribution < -0.4 is 0 Å². The average molecular weight is 303 g/mol. The number of carbonyl (C=O) groups excluding carboxylic acids is 1. The molecule has 0 unspecified atom stereocenters. The molecule has 1 atom stereocenters. The summed E-state index contributed by atoms with van der Waals surface area (Å²) in [6.45, 7) is 7.00. The molecule has 0 spiro atoms. The Balaban J connectivity index is 1.81. The molecule has 0 radical (unpaired) electrons. The highest BCUT2D eigenvalue weighted by Crippen LogP contribution is 2.24. The van der Waals surface area contributed by atoms with Crippen molar-refractivity contribution in [2.24, 2.45) is 7.05 Å². The predicted octanol–water partition coefficient (Wildman–Crippen LogP) is 1.24. The second kappa shape index (κ2) is 5.92. The van der Waals surface area contributed by atoms with E-state index in [9.17, 15) is 4.79 Å². The number of hydrogen-bond donors (Lipinski definition) is 0. The van der Waals surface area contributed by atoms with Crippen LogP contribution in [0.4, 0.5) is 0 Å². The Hall–Kier alpha value is -2.15. The van der Waals surface area contributed by atoms with Gasteiger partial charge in [0.1, 0.15) is 5.82 Å². The van der Waals surface area contributed by atoms with Crippen molar-refractivity contribution in [2.45, 2.75) is 19.9 Å². The van der Waals surface area contributed by atoms with E-state index in [0.29, 0.717) is 18.8 Å². The molecule has 7 heteroatoms. The Bertz CT molecular complexity index is 662. The normalized spacial score (nSPS) is 19.6. The van der Waals surface area contributed by atoms with Gasteiger partial charge in [0.05, 0.1) is 11.7 Å². The Morgan fingerprint density at radius 1 is 1.45 bits per heavy atom. The summed E-state index contributed by atoms with van der Waals surface area (Å²) in [4.78, 5) is 21.2. The van der Waals surface area contributed by atoms with Gasteiger partial charge >= 0.3 is 0 Å². The summed E-state index contributed by atoms with van der Waals surface area (Å²) in [5.41, 5.74) is 0.719. The van der Waals surface area contributed by atoms with Gasteiger partial charge in [-0.1, -0.05) is 12.1 Å². The van der Waals surface area contributed by atoms with Gasteiger partial charge in [-0.15, -0.1) is 0 Å². The first-order valence-electron chi connectivity index (χ1n) is 7.54. The van der Waals surface area contributed by atoms with Crippen LogP contribution in [-0.2, 0) is 7.05 Å². The summed E-state index contributed by atoms with van der Waals surface area (Å²) < 4.78 is 7.12. The topological polar surface area (TPSA) is 67.4 Å². The number of likely N-dealkylation sites (N-methyl/N-ethyl adjacent to an activating group) is 1. The Morgan fingerprint density at radius 2 is 2.27 bits per heavy atom. The van der Waals surface area contributed by atoms with Crippen LogP contribution in [0.5, 0.6) is 0 Å². The van der Waals surface area contributed by atoms with Crippen LogP contribution in [-0.4, -0.2) is 56.6 Å². The van der Waals surface area contributed by atoms with Crippen LogP contribution in [0.1, 0.15) is 35.0 Å². The molecule has 0 saturated carbocycles. The lowest BCUT2D eigenvalue weighted by atomic mass is 10.1. The number of amides is 1. The van der Waals surface area contributed by atoms with Gasteiger partial charge in [-0.25, -0.2) is 4.98 Å². The van der Waals surface area contributed by atoms with Crippen molar-refractivity contribution in [2.75, 3.05) is 26.2 Å². The Labute approximate surface area is 129 Å². The molecule has 1 amide bonds. The van der Waals surface area contributed by atoms with E-state index in [2.05, 4.69) is 22.0 Å². The van der Waals surface area contributed by atoms with E-state index in [4.69, 9.17) is 4.52 Å². The van der Waals surface area contributed by atoms with Crippen LogP contribution in [0.3, 0.4) is 0 Å². The number of carbonyl (C=O) groups is 1. The highest BCUT2D eigenvalue weighted by atomic mass is 16.5. The zero-order chi connectivity index (χ0) is 15.7. The molecule has 3 rings (SSSR count). The molecule has 0 aromatic carbocycles. The zero-order valence-corrected chi connectivity index (χ0v) is 13.2. The van der Waals surface area contributed by atoms with Crippen molar-refractivity contribution in [3.8, 4) is 0 Å². The van der Waals surface area contributed by atoms with Gasteiger partial charge in [0.2, 0.25) is 5.76 Å². The molecule has 1 aliphatic rings. The molecule has 0 bridgehead atoms. The monoisotopic (exact) mass is 303 g/mol. The molecule has 22 heavy (non-hydrogen) atoms. The van der Waals surface area contributed by atoms with E-state index in [0.717, 1.165) is 24.6 Å². The fourth-order valence-electron chi connectivity index (χ4n) is 2.95. The van der Waals surface area contributed by atoms with Gasteiger partial charge in [0.15, 0.2) is 0 Å². The van der Waals surface area contributed by atoms with Crippen LogP contribution in [0.2, 0.25) is 0 Å². The van der Waals surface area contributed by atoms with E-state index >= 15 is 0 Å². The summed E-state index contributed by atoms with van der Waals surface area (Å²) in [5, 5.41) is 3.80. The lowest BCUT2D eigenvalue weighted by Crippen LogP contribution is -2.50. The molecule has 118 valence electrons. The van der Waals surface area contributed by atoms with Gasteiger partial charge in [0.25, 0.3) is 5.91 Å². The smallest absolute Gasteiger partial charge is 0.292 e. The van der Waals surface area contributed by atoms with Gasteiger partial charge in [0, 0.05) is 45.1 Å². The number of aromatic nitrogens is 3. The lowest BCUT2D eigenvalue weighted by molar-refractivity contribution is 0.0439. The SMILES string of the molecule is CCN1CCN(C(=O)c2cc(C)no2)C[C@H]1c1nccn1C. The quantitative estimate of drug-likeness (QED) is 0.853. The molecule has 2 aromatic rings.